The molecule has 16 heavy (non-hydrogen) atoms. The summed E-state index contributed by atoms with van der Waals surface area (Å²) in [7, 11) is -2.78. The van der Waals surface area contributed by atoms with Crippen LogP contribution in [0, 0.1) is 0 Å². The van der Waals surface area contributed by atoms with Crippen molar-refractivity contribution >= 4 is 38.7 Å². The van der Waals surface area contributed by atoms with Gasteiger partial charge < -0.3 is 5.73 Å². The highest BCUT2D eigenvalue weighted by Crippen LogP contribution is 2.17. The van der Waals surface area contributed by atoms with Gasteiger partial charge in [-0.05, 0) is 0 Å². The summed E-state index contributed by atoms with van der Waals surface area (Å²) in [6.07, 6.45) is 1.75. The molecule has 92 valence electrons. The number of aromatic nitrogens is 1. The van der Waals surface area contributed by atoms with Crippen molar-refractivity contribution in [3.8, 4) is 0 Å². The Morgan fingerprint density at radius 1 is 1.44 bits per heavy atom. The quantitative estimate of drug-likeness (QED) is 0.849. The average molecular weight is 284 g/mol. The van der Waals surface area contributed by atoms with Gasteiger partial charge >= 0.3 is 0 Å². The highest BCUT2D eigenvalue weighted by atomic mass is 35.5. The summed E-state index contributed by atoms with van der Waals surface area (Å²) in [4.78, 5) is 7.17. The van der Waals surface area contributed by atoms with Crippen LogP contribution in [0.4, 0.5) is 5.13 Å². The number of nitrogen functional groups attached to an aromatic ring is 1. The maximum absolute atomic E-state index is 11.2. The Morgan fingerprint density at radius 3 is 2.56 bits per heavy atom. The minimum atomic E-state index is -2.78. The monoisotopic (exact) mass is 283 g/mol. The summed E-state index contributed by atoms with van der Waals surface area (Å²) in [6, 6.07) is 0. The highest BCUT2D eigenvalue weighted by Gasteiger charge is 2.21. The molecule has 0 aliphatic carbocycles. The molecular formula is C8H14ClN3O2S2. The predicted octanol–water partition coefficient (Wildman–Crippen LogP) is 0.377. The Bertz CT molecular complexity index is 432. The normalized spacial score (nSPS) is 20.2. The molecule has 0 bridgehead atoms. The molecule has 0 atom stereocenters. The number of thiazole rings is 1. The molecule has 1 aromatic rings. The molecule has 1 aliphatic rings. The zero-order valence-electron chi connectivity index (χ0n) is 8.63. The van der Waals surface area contributed by atoms with Crippen LogP contribution >= 0.6 is 23.7 Å². The lowest BCUT2D eigenvalue weighted by molar-refractivity contribution is 0.290. The molecule has 2 rings (SSSR count). The Hall–Kier alpha value is -0.370. The van der Waals surface area contributed by atoms with E-state index in [1.165, 1.54) is 11.3 Å². The molecule has 0 radical (unpaired) electrons. The van der Waals surface area contributed by atoms with E-state index in [1.807, 2.05) is 0 Å². The average Bonchev–Trinajstić information content (AvgIpc) is 2.55. The Labute approximate surface area is 105 Å². The van der Waals surface area contributed by atoms with Crippen LogP contribution < -0.4 is 5.73 Å². The maximum Gasteiger partial charge on any atom is 0.180 e. The van der Waals surface area contributed by atoms with E-state index in [1.54, 1.807) is 6.20 Å². The van der Waals surface area contributed by atoms with Crippen LogP contribution in [-0.2, 0) is 16.4 Å². The van der Waals surface area contributed by atoms with Gasteiger partial charge in [0.25, 0.3) is 0 Å². The number of hydrogen-bond donors (Lipinski definition) is 1. The summed E-state index contributed by atoms with van der Waals surface area (Å²) in [6.45, 7) is 1.98. The molecule has 1 saturated heterocycles. The molecule has 8 heteroatoms. The van der Waals surface area contributed by atoms with Crippen molar-refractivity contribution < 1.29 is 8.42 Å². The van der Waals surface area contributed by atoms with Gasteiger partial charge in [-0.15, -0.1) is 23.7 Å². The Kier molecular flexibility index (Phi) is 4.54. The lowest BCUT2D eigenvalue weighted by Crippen LogP contribution is -2.39. The second-order valence-corrected chi connectivity index (χ2v) is 7.04. The molecule has 0 saturated carbocycles. The van der Waals surface area contributed by atoms with Crippen molar-refractivity contribution in [1.29, 1.82) is 0 Å². The van der Waals surface area contributed by atoms with E-state index in [0.717, 1.165) is 11.4 Å². The molecule has 0 amide bonds. The summed E-state index contributed by atoms with van der Waals surface area (Å²) >= 11 is 1.46. The SMILES string of the molecule is Cl.Nc1ncc(CN2CCS(=O)(=O)CC2)s1. The largest absolute Gasteiger partial charge is 0.375 e. The fourth-order valence-electron chi connectivity index (χ4n) is 1.52. The zero-order chi connectivity index (χ0) is 10.9. The molecule has 5 nitrogen and oxygen atoms in total. The summed E-state index contributed by atoms with van der Waals surface area (Å²) in [5.41, 5.74) is 5.52. The standard InChI is InChI=1S/C8H13N3O2S2.ClH/c9-8-10-5-7(14-8)6-11-1-3-15(12,13)4-2-11;/h5H,1-4,6H2,(H2,9,10);1H. The van der Waals surface area contributed by atoms with Crippen LogP contribution in [0.2, 0.25) is 0 Å². The number of nitrogens with zero attached hydrogens (tertiary/aromatic N) is 2. The maximum atomic E-state index is 11.2. The second kappa shape index (κ2) is 5.31. The summed E-state index contributed by atoms with van der Waals surface area (Å²) in [5.74, 6) is 0.530. The molecule has 2 N–H and O–H groups in total. The fraction of sp³-hybridized carbons (Fsp3) is 0.625. The molecule has 2 heterocycles. The van der Waals surface area contributed by atoms with E-state index < -0.39 is 9.84 Å². The molecule has 1 fully saturated rings. The third-order valence-electron chi connectivity index (χ3n) is 2.39. The Balaban J connectivity index is 0.00000128. The minimum Gasteiger partial charge on any atom is -0.375 e. The van der Waals surface area contributed by atoms with E-state index in [-0.39, 0.29) is 23.9 Å². The van der Waals surface area contributed by atoms with Gasteiger partial charge in [0, 0.05) is 30.7 Å². The fourth-order valence-corrected chi connectivity index (χ4v) is 3.53. The Morgan fingerprint density at radius 2 is 2.06 bits per heavy atom. The van der Waals surface area contributed by atoms with Gasteiger partial charge in [0.05, 0.1) is 11.5 Å². The van der Waals surface area contributed by atoms with E-state index in [0.29, 0.717) is 18.2 Å². The van der Waals surface area contributed by atoms with E-state index in [4.69, 9.17) is 5.73 Å². The van der Waals surface area contributed by atoms with E-state index >= 15 is 0 Å². The van der Waals surface area contributed by atoms with Crippen molar-refractivity contribution in [1.82, 2.24) is 9.88 Å². The minimum absolute atomic E-state index is 0. The van der Waals surface area contributed by atoms with Gasteiger partial charge in [0.2, 0.25) is 0 Å². The van der Waals surface area contributed by atoms with Crippen LogP contribution in [-0.4, -0.2) is 42.9 Å². The first-order valence-electron chi connectivity index (χ1n) is 4.68. The van der Waals surface area contributed by atoms with Gasteiger partial charge in [-0.25, -0.2) is 13.4 Å². The third-order valence-corrected chi connectivity index (χ3v) is 4.81. The van der Waals surface area contributed by atoms with Gasteiger partial charge in [-0.3, -0.25) is 4.90 Å². The summed E-state index contributed by atoms with van der Waals surface area (Å²) in [5, 5.41) is 0.564. The van der Waals surface area contributed by atoms with Crippen molar-refractivity contribution in [2.24, 2.45) is 0 Å². The van der Waals surface area contributed by atoms with Crippen LogP contribution in [0.25, 0.3) is 0 Å². The number of anilines is 1. The van der Waals surface area contributed by atoms with Crippen LogP contribution in [0.1, 0.15) is 4.88 Å². The number of sulfone groups is 1. The molecule has 0 spiro atoms. The number of hydrogen-bond acceptors (Lipinski definition) is 6. The van der Waals surface area contributed by atoms with Gasteiger partial charge in [-0.1, -0.05) is 0 Å². The number of rotatable bonds is 2. The molecule has 0 unspecified atom stereocenters. The van der Waals surface area contributed by atoms with Crippen LogP contribution in [0.3, 0.4) is 0 Å². The molecular weight excluding hydrogens is 270 g/mol. The van der Waals surface area contributed by atoms with Crippen molar-refractivity contribution in [2.75, 3.05) is 30.3 Å². The van der Waals surface area contributed by atoms with Crippen LogP contribution in [0.15, 0.2) is 6.20 Å². The first-order chi connectivity index (χ1) is 7.05. The highest BCUT2D eigenvalue weighted by molar-refractivity contribution is 7.91. The first kappa shape index (κ1) is 13.7. The lowest BCUT2D eigenvalue weighted by Gasteiger charge is -2.25. The van der Waals surface area contributed by atoms with E-state index in [9.17, 15) is 8.42 Å². The molecule has 0 aromatic carbocycles. The van der Waals surface area contributed by atoms with Gasteiger partial charge in [0.15, 0.2) is 15.0 Å². The van der Waals surface area contributed by atoms with Crippen molar-refractivity contribution in [2.45, 2.75) is 6.54 Å². The number of halogens is 1. The van der Waals surface area contributed by atoms with Crippen molar-refractivity contribution in [3.63, 3.8) is 0 Å². The predicted molar refractivity (Wildman–Crippen MR) is 67.7 cm³/mol. The number of nitrogens with two attached hydrogens (primary N) is 1. The second-order valence-electron chi connectivity index (χ2n) is 3.59. The third kappa shape index (κ3) is 3.58. The van der Waals surface area contributed by atoms with E-state index in [2.05, 4.69) is 9.88 Å². The van der Waals surface area contributed by atoms with Crippen LogP contribution in [0.5, 0.6) is 0 Å². The molecule has 1 aliphatic heterocycles. The topological polar surface area (TPSA) is 76.3 Å². The van der Waals surface area contributed by atoms with Gasteiger partial charge in [0.1, 0.15) is 0 Å². The summed E-state index contributed by atoms with van der Waals surface area (Å²) < 4.78 is 22.4. The molecule has 1 aromatic heterocycles. The lowest BCUT2D eigenvalue weighted by atomic mass is 10.4. The smallest absolute Gasteiger partial charge is 0.180 e. The first-order valence-corrected chi connectivity index (χ1v) is 7.32. The zero-order valence-corrected chi connectivity index (χ0v) is 11.1. The van der Waals surface area contributed by atoms with Crippen molar-refractivity contribution in [3.05, 3.63) is 11.1 Å². The van der Waals surface area contributed by atoms with Gasteiger partial charge in [-0.2, -0.15) is 0 Å².